The number of likely N-dealkylation sites (tertiary alicyclic amines) is 1. The van der Waals surface area contributed by atoms with E-state index in [0.717, 1.165) is 24.4 Å². The predicted octanol–water partition coefficient (Wildman–Crippen LogP) is 2.76. The average molecular weight is 282 g/mol. The fraction of sp³-hybridized carbons (Fsp3) is 1.00. The first-order valence-electron chi connectivity index (χ1n) is 8.65. The minimum atomic E-state index is 0.514. The molecule has 118 valence electrons. The highest BCUT2D eigenvalue weighted by Gasteiger charge is 2.34. The van der Waals surface area contributed by atoms with E-state index < -0.39 is 0 Å². The zero-order chi connectivity index (χ0) is 14.5. The summed E-state index contributed by atoms with van der Waals surface area (Å²) in [6.45, 7) is 11.6. The van der Waals surface area contributed by atoms with E-state index in [9.17, 15) is 0 Å². The van der Waals surface area contributed by atoms with Crippen LogP contribution >= 0.6 is 0 Å². The van der Waals surface area contributed by atoms with Crippen molar-refractivity contribution < 1.29 is 4.74 Å². The van der Waals surface area contributed by atoms with Crippen LogP contribution in [0.2, 0.25) is 0 Å². The number of ether oxygens (including phenoxy) is 1. The van der Waals surface area contributed by atoms with Crippen molar-refractivity contribution in [2.45, 2.75) is 58.6 Å². The molecular weight excluding hydrogens is 248 g/mol. The molecule has 1 aliphatic carbocycles. The Bertz CT molecular complexity index is 276. The van der Waals surface area contributed by atoms with Gasteiger partial charge >= 0.3 is 0 Å². The van der Waals surface area contributed by atoms with E-state index in [1.165, 1.54) is 45.3 Å². The van der Waals surface area contributed by atoms with Crippen molar-refractivity contribution in [2.24, 2.45) is 17.8 Å². The third-order valence-electron chi connectivity index (χ3n) is 5.45. The average Bonchev–Trinajstić information content (AvgIpc) is 2.43. The topological polar surface area (TPSA) is 24.5 Å². The van der Waals surface area contributed by atoms with Gasteiger partial charge < -0.3 is 15.0 Å². The van der Waals surface area contributed by atoms with Crippen LogP contribution in [0.5, 0.6) is 0 Å². The van der Waals surface area contributed by atoms with E-state index in [4.69, 9.17) is 4.74 Å². The molecule has 1 N–H and O–H groups in total. The molecule has 1 saturated carbocycles. The molecule has 1 saturated heterocycles. The second-order valence-corrected chi connectivity index (χ2v) is 7.07. The summed E-state index contributed by atoms with van der Waals surface area (Å²) < 4.78 is 5.76. The van der Waals surface area contributed by atoms with E-state index in [-0.39, 0.29) is 0 Å². The van der Waals surface area contributed by atoms with E-state index in [1.54, 1.807) is 0 Å². The molecule has 0 aromatic heterocycles. The Kier molecular flexibility index (Phi) is 6.31. The van der Waals surface area contributed by atoms with Crippen molar-refractivity contribution >= 4 is 0 Å². The number of nitrogens with zero attached hydrogens (tertiary/aromatic N) is 1. The molecule has 0 aromatic rings. The first-order chi connectivity index (χ1) is 9.63. The minimum absolute atomic E-state index is 0.514. The Balaban J connectivity index is 1.83. The molecule has 1 aliphatic heterocycles. The number of hydrogen-bond donors (Lipinski definition) is 1. The minimum Gasteiger partial charge on any atom is -0.378 e. The van der Waals surface area contributed by atoms with Crippen LogP contribution < -0.4 is 5.32 Å². The maximum atomic E-state index is 5.76. The SMILES string of the molecule is CCOC1CCN(CC2C(C)CC(C)CC2NC)CC1. The van der Waals surface area contributed by atoms with Crippen LogP contribution in [0.15, 0.2) is 0 Å². The Morgan fingerprint density at radius 2 is 1.85 bits per heavy atom. The van der Waals surface area contributed by atoms with Crippen LogP contribution in [0.4, 0.5) is 0 Å². The highest BCUT2D eigenvalue weighted by atomic mass is 16.5. The van der Waals surface area contributed by atoms with E-state index in [2.05, 4.69) is 38.0 Å². The second kappa shape index (κ2) is 7.77. The van der Waals surface area contributed by atoms with E-state index in [1.807, 2.05) is 0 Å². The van der Waals surface area contributed by atoms with Gasteiger partial charge in [-0.05, 0) is 57.4 Å². The fourth-order valence-corrected chi connectivity index (χ4v) is 4.34. The van der Waals surface area contributed by atoms with Crippen molar-refractivity contribution in [1.82, 2.24) is 10.2 Å². The standard InChI is InChI=1S/C17H34N2O/c1-5-20-15-6-8-19(9-7-15)12-16-14(3)10-13(2)11-17(16)18-4/h13-18H,5-12H2,1-4H3. The van der Waals surface area contributed by atoms with Crippen LogP contribution in [0.3, 0.4) is 0 Å². The van der Waals surface area contributed by atoms with Gasteiger partial charge in [-0.15, -0.1) is 0 Å². The molecule has 0 amide bonds. The molecule has 1 heterocycles. The quantitative estimate of drug-likeness (QED) is 0.839. The van der Waals surface area contributed by atoms with E-state index in [0.29, 0.717) is 12.1 Å². The summed E-state index contributed by atoms with van der Waals surface area (Å²) in [7, 11) is 2.14. The molecule has 3 heteroatoms. The van der Waals surface area contributed by atoms with Crippen molar-refractivity contribution in [2.75, 3.05) is 33.3 Å². The van der Waals surface area contributed by atoms with Crippen molar-refractivity contribution in [3.05, 3.63) is 0 Å². The van der Waals surface area contributed by atoms with Crippen molar-refractivity contribution in [3.63, 3.8) is 0 Å². The van der Waals surface area contributed by atoms with Crippen LogP contribution in [0.25, 0.3) is 0 Å². The normalized spacial score (nSPS) is 37.2. The third kappa shape index (κ3) is 4.19. The molecule has 2 aliphatic rings. The summed E-state index contributed by atoms with van der Waals surface area (Å²) in [5.41, 5.74) is 0. The predicted molar refractivity (Wildman–Crippen MR) is 85.0 cm³/mol. The van der Waals surface area contributed by atoms with Gasteiger partial charge in [0.2, 0.25) is 0 Å². The highest BCUT2D eigenvalue weighted by Crippen LogP contribution is 2.34. The van der Waals surface area contributed by atoms with Gasteiger partial charge in [0, 0.05) is 32.3 Å². The van der Waals surface area contributed by atoms with Gasteiger partial charge in [-0.3, -0.25) is 0 Å². The lowest BCUT2D eigenvalue weighted by Crippen LogP contribution is -2.49. The maximum Gasteiger partial charge on any atom is 0.0599 e. The molecule has 4 atom stereocenters. The molecule has 0 radical (unpaired) electrons. The lowest BCUT2D eigenvalue weighted by molar-refractivity contribution is 0.00359. The Labute approximate surface area is 125 Å². The van der Waals surface area contributed by atoms with Gasteiger partial charge in [-0.1, -0.05) is 13.8 Å². The summed E-state index contributed by atoms with van der Waals surface area (Å²) >= 11 is 0. The summed E-state index contributed by atoms with van der Waals surface area (Å²) in [4.78, 5) is 2.68. The van der Waals surface area contributed by atoms with Gasteiger partial charge in [0.05, 0.1) is 6.10 Å². The molecule has 3 nitrogen and oxygen atoms in total. The largest absolute Gasteiger partial charge is 0.378 e. The smallest absolute Gasteiger partial charge is 0.0599 e. The Morgan fingerprint density at radius 1 is 1.15 bits per heavy atom. The van der Waals surface area contributed by atoms with E-state index >= 15 is 0 Å². The number of rotatable bonds is 5. The van der Waals surface area contributed by atoms with Crippen LogP contribution in [0.1, 0.15) is 46.5 Å². The van der Waals surface area contributed by atoms with Crippen molar-refractivity contribution in [1.29, 1.82) is 0 Å². The summed E-state index contributed by atoms with van der Waals surface area (Å²) in [6.07, 6.45) is 5.70. The van der Waals surface area contributed by atoms with Crippen molar-refractivity contribution in [3.8, 4) is 0 Å². The maximum absolute atomic E-state index is 5.76. The number of hydrogen-bond acceptors (Lipinski definition) is 3. The third-order valence-corrected chi connectivity index (χ3v) is 5.45. The molecule has 0 spiro atoms. The monoisotopic (exact) mass is 282 g/mol. The van der Waals surface area contributed by atoms with Gasteiger partial charge in [0.15, 0.2) is 0 Å². The first kappa shape index (κ1) is 16.3. The molecule has 2 fully saturated rings. The van der Waals surface area contributed by atoms with Gasteiger partial charge in [0.1, 0.15) is 0 Å². The Hall–Kier alpha value is -0.120. The molecular formula is C17H34N2O. The van der Waals surface area contributed by atoms with Gasteiger partial charge in [0.25, 0.3) is 0 Å². The summed E-state index contributed by atoms with van der Waals surface area (Å²) in [5.74, 6) is 2.54. The second-order valence-electron chi connectivity index (χ2n) is 7.07. The number of piperidine rings is 1. The van der Waals surface area contributed by atoms with Crippen LogP contribution in [0, 0.1) is 17.8 Å². The zero-order valence-electron chi connectivity index (χ0n) is 13.9. The highest BCUT2D eigenvalue weighted by molar-refractivity contribution is 4.89. The lowest BCUT2D eigenvalue weighted by atomic mass is 9.72. The Morgan fingerprint density at radius 3 is 2.45 bits per heavy atom. The molecule has 2 rings (SSSR count). The van der Waals surface area contributed by atoms with Gasteiger partial charge in [-0.25, -0.2) is 0 Å². The van der Waals surface area contributed by atoms with Crippen LogP contribution in [-0.2, 0) is 4.74 Å². The first-order valence-corrected chi connectivity index (χ1v) is 8.65. The fourth-order valence-electron chi connectivity index (χ4n) is 4.34. The molecule has 0 aromatic carbocycles. The number of nitrogens with one attached hydrogen (secondary N) is 1. The molecule has 20 heavy (non-hydrogen) atoms. The lowest BCUT2D eigenvalue weighted by Gasteiger charge is -2.43. The van der Waals surface area contributed by atoms with Crippen LogP contribution in [-0.4, -0.2) is 50.3 Å². The molecule has 0 bridgehead atoms. The summed E-state index contributed by atoms with van der Waals surface area (Å²) in [5, 5.41) is 3.58. The van der Waals surface area contributed by atoms with Gasteiger partial charge in [-0.2, -0.15) is 0 Å². The summed E-state index contributed by atoms with van der Waals surface area (Å²) in [6, 6.07) is 0.707. The molecule has 4 unspecified atom stereocenters. The zero-order valence-corrected chi connectivity index (χ0v) is 13.9.